The van der Waals surface area contributed by atoms with Gasteiger partial charge in [-0.3, -0.25) is 14.0 Å². The Morgan fingerprint density at radius 3 is 2.88 bits per heavy atom. The molecule has 0 amide bonds. The molecule has 6 rings (SSSR count). The van der Waals surface area contributed by atoms with Crippen LogP contribution in [-0.2, 0) is 22.6 Å². The van der Waals surface area contributed by atoms with Crippen molar-refractivity contribution in [3.05, 3.63) is 74.3 Å². The third-order valence-electron chi connectivity index (χ3n) is 7.19. The highest BCUT2D eigenvalue weighted by Crippen LogP contribution is 2.36. The second kappa shape index (κ2) is 11.1. The highest BCUT2D eigenvalue weighted by atomic mass is 35.5. The van der Waals surface area contributed by atoms with Crippen LogP contribution in [0.25, 0.3) is 16.7 Å². The third-order valence-corrected chi connectivity index (χ3v) is 7.78. The first-order valence-electron chi connectivity index (χ1n) is 13.2. The van der Waals surface area contributed by atoms with Crippen molar-refractivity contribution >= 4 is 45.8 Å². The van der Waals surface area contributed by atoms with E-state index in [1.165, 1.54) is 6.20 Å². The number of rotatable bonds is 7. The van der Waals surface area contributed by atoms with Gasteiger partial charge in [0.2, 0.25) is 11.3 Å². The largest absolute Gasteiger partial charge is 0.474 e. The van der Waals surface area contributed by atoms with Gasteiger partial charge in [0, 0.05) is 30.4 Å². The van der Waals surface area contributed by atoms with Crippen molar-refractivity contribution in [3.63, 3.8) is 0 Å². The van der Waals surface area contributed by atoms with Crippen LogP contribution in [0.5, 0.6) is 5.88 Å². The van der Waals surface area contributed by atoms with Crippen LogP contribution in [0, 0.1) is 0 Å². The van der Waals surface area contributed by atoms with Crippen LogP contribution in [0.2, 0.25) is 10.0 Å². The molecule has 0 aliphatic carbocycles. The highest BCUT2D eigenvalue weighted by molar-refractivity contribution is 6.34. The van der Waals surface area contributed by atoms with Crippen LogP contribution >= 0.6 is 23.2 Å². The number of hydrogen-bond donors (Lipinski definition) is 0. The summed E-state index contributed by atoms with van der Waals surface area (Å²) in [7, 11) is 0. The van der Waals surface area contributed by atoms with Crippen molar-refractivity contribution in [2.45, 2.75) is 39.0 Å². The molecule has 1 saturated heterocycles. The Balaban J connectivity index is 1.44. The van der Waals surface area contributed by atoms with Gasteiger partial charge in [-0.25, -0.2) is 9.78 Å². The fraction of sp³-hybridized carbons (Fsp3) is 0.357. The Hall–Kier alpha value is -3.60. The molecule has 2 aliphatic rings. The lowest BCUT2D eigenvalue weighted by molar-refractivity contribution is 0.0524. The van der Waals surface area contributed by atoms with Gasteiger partial charge in [0.15, 0.2) is 5.82 Å². The van der Waals surface area contributed by atoms with E-state index in [2.05, 4.69) is 9.88 Å². The number of fused-ring (bicyclic) bond motifs is 2. The number of ether oxygens (including phenoxy) is 3. The summed E-state index contributed by atoms with van der Waals surface area (Å²) in [4.78, 5) is 32.6. The fourth-order valence-electron chi connectivity index (χ4n) is 5.27. The molecule has 0 N–H and O–H groups in total. The van der Waals surface area contributed by atoms with E-state index in [0.29, 0.717) is 59.0 Å². The van der Waals surface area contributed by atoms with Gasteiger partial charge in [-0.05, 0) is 44.0 Å². The van der Waals surface area contributed by atoms with Crippen molar-refractivity contribution in [2.24, 2.45) is 0 Å². The molecule has 5 heterocycles. The van der Waals surface area contributed by atoms with E-state index in [-0.39, 0.29) is 18.2 Å². The Morgan fingerprint density at radius 1 is 1.20 bits per heavy atom. The van der Waals surface area contributed by atoms with Gasteiger partial charge in [-0.2, -0.15) is 5.10 Å². The standard InChI is InChI=1S/C28H27Cl2N5O5/c1-2-39-28(37)20-14-34(25-11-18-15-38-10-9-35(18)32-25)23-13-24(22(30)12-19(23)26(20)36)33-8-4-5-17(33)16-40-27-21(29)6-3-7-31-27/h3,6-7,11-14,17H,2,4-5,8-10,15-16H2,1H3. The normalized spacial score (nSPS) is 16.8. The van der Waals surface area contributed by atoms with Gasteiger partial charge in [-0.1, -0.05) is 23.2 Å². The molecule has 2 aliphatic heterocycles. The van der Waals surface area contributed by atoms with Gasteiger partial charge in [-0.15, -0.1) is 0 Å². The van der Waals surface area contributed by atoms with Crippen LogP contribution < -0.4 is 15.1 Å². The Kier molecular flexibility index (Phi) is 7.39. The maximum atomic E-state index is 13.5. The van der Waals surface area contributed by atoms with E-state index in [1.54, 1.807) is 35.9 Å². The zero-order valence-corrected chi connectivity index (χ0v) is 23.3. The quantitative estimate of drug-likeness (QED) is 0.290. The Morgan fingerprint density at radius 2 is 2.08 bits per heavy atom. The molecular weight excluding hydrogens is 557 g/mol. The van der Waals surface area contributed by atoms with Crippen molar-refractivity contribution in [3.8, 4) is 11.7 Å². The predicted octanol–water partition coefficient (Wildman–Crippen LogP) is 4.64. The average Bonchev–Trinajstić information content (AvgIpc) is 3.60. The minimum absolute atomic E-state index is 0.0177. The number of carbonyl (C=O) groups is 1. The minimum Gasteiger partial charge on any atom is -0.474 e. The number of esters is 1. The predicted molar refractivity (Wildman–Crippen MR) is 151 cm³/mol. The summed E-state index contributed by atoms with van der Waals surface area (Å²) in [5.74, 6) is 0.254. The molecule has 208 valence electrons. The highest BCUT2D eigenvalue weighted by Gasteiger charge is 2.29. The number of anilines is 1. The lowest BCUT2D eigenvalue weighted by Crippen LogP contribution is -2.34. The molecule has 3 aromatic heterocycles. The topological polar surface area (TPSA) is 101 Å². The maximum Gasteiger partial charge on any atom is 0.343 e. The van der Waals surface area contributed by atoms with Crippen molar-refractivity contribution in [1.82, 2.24) is 19.3 Å². The minimum atomic E-state index is -0.694. The monoisotopic (exact) mass is 583 g/mol. The average molecular weight is 584 g/mol. The molecule has 4 aromatic rings. The fourth-order valence-corrected chi connectivity index (χ4v) is 5.72. The first-order valence-corrected chi connectivity index (χ1v) is 13.9. The lowest BCUT2D eigenvalue weighted by atomic mass is 10.1. The van der Waals surface area contributed by atoms with Gasteiger partial charge in [0.1, 0.15) is 17.2 Å². The van der Waals surface area contributed by atoms with Crippen molar-refractivity contribution in [1.29, 1.82) is 0 Å². The second-order valence-electron chi connectivity index (χ2n) is 9.64. The molecule has 40 heavy (non-hydrogen) atoms. The summed E-state index contributed by atoms with van der Waals surface area (Å²) in [5.41, 5.74) is 1.71. The number of carbonyl (C=O) groups excluding carboxylic acids is 1. The third kappa shape index (κ3) is 4.91. The molecular formula is C28H27Cl2N5O5. The zero-order chi connectivity index (χ0) is 27.8. The Labute approximate surface area is 240 Å². The molecule has 0 saturated carbocycles. The first-order chi connectivity index (χ1) is 19.4. The Bertz CT molecular complexity index is 1630. The van der Waals surface area contributed by atoms with Crippen LogP contribution in [0.3, 0.4) is 0 Å². The molecule has 10 nitrogen and oxygen atoms in total. The number of aromatic nitrogens is 4. The number of nitrogens with zero attached hydrogens (tertiary/aromatic N) is 5. The van der Waals surface area contributed by atoms with Crippen molar-refractivity contribution < 1.29 is 19.0 Å². The van der Waals surface area contributed by atoms with Gasteiger partial charge < -0.3 is 19.1 Å². The van der Waals surface area contributed by atoms with Crippen LogP contribution in [0.4, 0.5) is 5.69 Å². The summed E-state index contributed by atoms with van der Waals surface area (Å²) < 4.78 is 20.4. The SMILES string of the molecule is CCOC(=O)c1cn(-c2cc3n(n2)CCOC3)c2cc(N3CCCC3COc3ncccc3Cl)c(Cl)cc2c1=O. The molecule has 1 fully saturated rings. The van der Waals surface area contributed by atoms with E-state index < -0.39 is 11.4 Å². The molecule has 1 unspecified atom stereocenters. The lowest BCUT2D eigenvalue weighted by Gasteiger charge is -2.28. The van der Waals surface area contributed by atoms with E-state index in [9.17, 15) is 9.59 Å². The first kappa shape index (κ1) is 26.6. The summed E-state index contributed by atoms with van der Waals surface area (Å²) in [5, 5.41) is 5.89. The molecule has 0 radical (unpaired) electrons. The second-order valence-corrected chi connectivity index (χ2v) is 10.5. The number of pyridine rings is 2. The zero-order valence-electron chi connectivity index (χ0n) is 21.8. The van der Waals surface area contributed by atoms with E-state index in [4.69, 9.17) is 42.5 Å². The van der Waals surface area contributed by atoms with Gasteiger partial charge >= 0.3 is 5.97 Å². The van der Waals surface area contributed by atoms with Crippen LogP contribution in [-0.4, -0.2) is 57.7 Å². The number of hydrogen-bond acceptors (Lipinski definition) is 8. The van der Waals surface area contributed by atoms with E-state index >= 15 is 0 Å². The number of benzene rings is 1. The van der Waals surface area contributed by atoms with Crippen molar-refractivity contribution in [2.75, 3.05) is 31.3 Å². The molecule has 12 heteroatoms. The number of halogens is 2. The summed E-state index contributed by atoms with van der Waals surface area (Å²) in [6, 6.07) is 8.91. The maximum absolute atomic E-state index is 13.5. The summed E-state index contributed by atoms with van der Waals surface area (Å²) >= 11 is 13.1. The molecule has 0 spiro atoms. The molecule has 1 aromatic carbocycles. The van der Waals surface area contributed by atoms with E-state index in [0.717, 1.165) is 30.8 Å². The smallest absolute Gasteiger partial charge is 0.343 e. The van der Waals surface area contributed by atoms with Crippen LogP contribution in [0.15, 0.2) is 47.5 Å². The summed E-state index contributed by atoms with van der Waals surface area (Å²) in [6.45, 7) is 4.59. The van der Waals surface area contributed by atoms with Gasteiger partial charge in [0.05, 0.1) is 54.3 Å². The van der Waals surface area contributed by atoms with Crippen LogP contribution in [0.1, 0.15) is 35.8 Å². The molecule has 0 bridgehead atoms. The summed E-state index contributed by atoms with van der Waals surface area (Å²) in [6.07, 6.45) is 4.97. The van der Waals surface area contributed by atoms with E-state index in [1.807, 2.05) is 16.8 Å². The van der Waals surface area contributed by atoms with Gasteiger partial charge in [0.25, 0.3) is 0 Å². The molecule has 1 atom stereocenters.